The number of rotatable bonds is 8. The van der Waals surface area contributed by atoms with E-state index in [0.717, 1.165) is 49.8 Å². The smallest absolute Gasteiger partial charge is 0.252 e. The number of hydrogen-bond acceptors (Lipinski definition) is 6. The summed E-state index contributed by atoms with van der Waals surface area (Å²) in [6.45, 7) is 13.3. The van der Waals surface area contributed by atoms with Gasteiger partial charge in [0.2, 0.25) is 0 Å². The molecule has 1 saturated heterocycles. The van der Waals surface area contributed by atoms with Crippen molar-refractivity contribution < 1.29 is 9.53 Å². The van der Waals surface area contributed by atoms with E-state index in [-0.39, 0.29) is 5.91 Å². The summed E-state index contributed by atoms with van der Waals surface area (Å²) in [4.78, 5) is 26.0. The van der Waals surface area contributed by atoms with Gasteiger partial charge in [0.05, 0.1) is 18.8 Å². The SMILES string of the molecule is CC(C)N(CCNC(=O)c1cncc(-c2ccc(N3CCOCC3)nc2)c1)C(C)C. The van der Waals surface area contributed by atoms with E-state index in [1.165, 1.54) is 0 Å². The van der Waals surface area contributed by atoms with Crippen LogP contribution in [-0.4, -0.2) is 72.3 Å². The molecule has 2 aromatic heterocycles. The Bertz CT molecular complexity index is 809. The second kappa shape index (κ2) is 10.5. The third-order valence-corrected chi connectivity index (χ3v) is 5.40. The molecule has 0 aromatic carbocycles. The van der Waals surface area contributed by atoms with Gasteiger partial charge in [0.1, 0.15) is 5.82 Å². The van der Waals surface area contributed by atoms with Crippen molar-refractivity contribution >= 4 is 11.7 Å². The lowest BCUT2D eigenvalue weighted by molar-refractivity contribution is 0.0939. The van der Waals surface area contributed by atoms with Crippen molar-refractivity contribution in [1.82, 2.24) is 20.2 Å². The van der Waals surface area contributed by atoms with Gasteiger partial charge in [-0.1, -0.05) is 0 Å². The molecule has 0 unspecified atom stereocenters. The van der Waals surface area contributed by atoms with E-state index >= 15 is 0 Å². The van der Waals surface area contributed by atoms with Gasteiger partial charge in [-0.2, -0.15) is 0 Å². The first-order valence-electron chi connectivity index (χ1n) is 10.7. The molecule has 1 fully saturated rings. The number of amides is 1. The first-order chi connectivity index (χ1) is 14.5. The van der Waals surface area contributed by atoms with E-state index in [2.05, 4.69) is 52.8 Å². The molecule has 30 heavy (non-hydrogen) atoms. The molecular formula is C23H33N5O2. The van der Waals surface area contributed by atoms with Crippen LogP contribution in [0.3, 0.4) is 0 Å². The van der Waals surface area contributed by atoms with Crippen LogP contribution >= 0.6 is 0 Å². The average molecular weight is 412 g/mol. The van der Waals surface area contributed by atoms with Gasteiger partial charge in [-0.25, -0.2) is 4.98 Å². The predicted octanol–water partition coefficient (Wildman–Crippen LogP) is 2.83. The molecule has 0 aliphatic carbocycles. The zero-order valence-corrected chi connectivity index (χ0v) is 18.5. The normalized spacial score (nSPS) is 14.6. The minimum atomic E-state index is -0.102. The molecule has 162 valence electrons. The summed E-state index contributed by atoms with van der Waals surface area (Å²) < 4.78 is 5.40. The molecule has 1 aliphatic heterocycles. The third-order valence-electron chi connectivity index (χ3n) is 5.40. The quantitative estimate of drug-likeness (QED) is 0.720. The highest BCUT2D eigenvalue weighted by atomic mass is 16.5. The molecule has 1 N–H and O–H groups in total. The molecule has 0 radical (unpaired) electrons. The molecule has 3 rings (SSSR count). The van der Waals surface area contributed by atoms with Gasteiger partial charge in [0.15, 0.2) is 0 Å². The van der Waals surface area contributed by atoms with Gasteiger partial charge in [0.25, 0.3) is 5.91 Å². The Morgan fingerprint density at radius 2 is 1.83 bits per heavy atom. The molecule has 7 heteroatoms. The van der Waals surface area contributed by atoms with Crippen molar-refractivity contribution in [3.8, 4) is 11.1 Å². The van der Waals surface area contributed by atoms with Crippen LogP contribution in [0, 0.1) is 0 Å². The van der Waals surface area contributed by atoms with E-state index in [0.29, 0.717) is 24.2 Å². The Morgan fingerprint density at radius 3 is 2.47 bits per heavy atom. The second-order valence-electron chi connectivity index (χ2n) is 8.15. The fourth-order valence-electron chi connectivity index (χ4n) is 3.77. The molecule has 7 nitrogen and oxygen atoms in total. The fourth-order valence-corrected chi connectivity index (χ4v) is 3.77. The number of pyridine rings is 2. The van der Waals surface area contributed by atoms with E-state index in [4.69, 9.17) is 4.74 Å². The van der Waals surface area contributed by atoms with Crippen molar-refractivity contribution in [2.24, 2.45) is 0 Å². The number of aromatic nitrogens is 2. The number of hydrogen-bond donors (Lipinski definition) is 1. The lowest BCUT2D eigenvalue weighted by Gasteiger charge is -2.30. The molecule has 3 heterocycles. The Morgan fingerprint density at radius 1 is 1.10 bits per heavy atom. The Hall–Kier alpha value is -2.51. The Balaban J connectivity index is 1.61. The van der Waals surface area contributed by atoms with E-state index in [9.17, 15) is 4.79 Å². The fraction of sp³-hybridized carbons (Fsp3) is 0.522. The van der Waals surface area contributed by atoms with E-state index < -0.39 is 0 Å². The highest BCUT2D eigenvalue weighted by Gasteiger charge is 2.15. The van der Waals surface area contributed by atoms with Crippen molar-refractivity contribution in [1.29, 1.82) is 0 Å². The summed E-state index contributed by atoms with van der Waals surface area (Å²) in [6.07, 6.45) is 5.21. The maximum absolute atomic E-state index is 12.6. The number of carbonyl (C=O) groups is 1. The zero-order chi connectivity index (χ0) is 21.5. The largest absolute Gasteiger partial charge is 0.378 e. The number of anilines is 1. The van der Waals surface area contributed by atoms with Crippen molar-refractivity contribution in [2.75, 3.05) is 44.3 Å². The maximum atomic E-state index is 12.6. The standard InChI is InChI=1S/C23H33N5O2/c1-17(2)28(18(3)4)8-7-25-23(29)21-13-20(14-24-15-21)19-5-6-22(26-16-19)27-9-11-30-12-10-27/h5-6,13-18H,7-12H2,1-4H3,(H,25,29). The summed E-state index contributed by atoms with van der Waals surface area (Å²) in [5.74, 6) is 0.846. The van der Waals surface area contributed by atoms with Crippen LogP contribution in [0.1, 0.15) is 38.1 Å². The molecular weight excluding hydrogens is 378 g/mol. The molecule has 0 bridgehead atoms. The van der Waals surface area contributed by atoms with Crippen molar-refractivity contribution in [3.63, 3.8) is 0 Å². The minimum Gasteiger partial charge on any atom is -0.378 e. The van der Waals surface area contributed by atoms with Crippen LogP contribution < -0.4 is 10.2 Å². The first-order valence-corrected chi connectivity index (χ1v) is 10.7. The van der Waals surface area contributed by atoms with Crippen LogP contribution in [0.4, 0.5) is 5.82 Å². The van der Waals surface area contributed by atoms with Crippen LogP contribution in [0.15, 0.2) is 36.8 Å². The van der Waals surface area contributed by atoms with Gasteiger partial charge in [-0.15, -0.1) is 0 Å². The summed E-state index contributed by atoms with van der Waals surface area (Å²) in [6, 6.07) is 6.80. The van der Waals surface area contributed by atoms with E-state index in [1.807, 2.05) is 24.4 Å². The minimum absolute atomic E-state index is 0.102. The Kier molecular flexibility index (Phi) is 7.76. The van der Waals surface area contributed by atoms with Gasteiger partial charge in [0, 0.05) is 68.0 Å². The average Bonchev–Trinajstić information content (AvgIpc) is 2.77. The molecule has 0 saturated carbocycles. The number of ether oxygens (including phenoxy) is 1. The van der Waals surface area contributed by atoms with Crippen LogP contribution in [0.2, 0.25) is 0 Å². The Labute approximate surface area is 179 Å². The summed E-state index contributed by atoms with van der Waals surface area (Å²) in [7, 11) is 0. The third kappa shape index (κ3) is 5.77. The monoisotopic (exact) mass is 411 g/mol. The molecule has 0 atom stereocenters. The molecule has 2 aromatic rings. The summed E-state index contributed by atoms with van der Waals surface area (Å²) >= 11 is 0. The molecule has 1 amide bonds. The topological polar surface area (TPSA) is 70.6 Å². The van der Waals surface area contributed by atoms with Crippen LogP contribution in [0.5, 0.6) is 0 Å². The van der Waals surface area contributed by atoms with Gasteiger partial charge in [-0.05, 0) is 45.9 Å². The van der Waals surface area contributed by atoms with E-state index in [1.54, 1.807) is 12.4 Å². The predicted molar refractivity (Wildman–Crippen MR) is 120 cm³/mol. The van der Waals surface area contributed by atoms with Crippen LogP contribution in [0.25, 0.3) is 11.1 Å². The number of morpholine rings is 1. The lowest BCUT2D eigenvalue weighted by Crippen LogP contribution is -2.42. The molecule has 1 aliphatic rings. The highest BCUT2D eigenvalue weighted by molar-refractivity contribution is 5.95. The first kappa shape index (κ1) is 22.2. The van der Waals surface area contributed by atoms with Gasteiger partial charge < -0.3 is 15.0 Å². The summed E-state index contributed by atoms with van der Waals surface area (Å²) in [5.41, 5.74) is 2.39. The van der Waals surface area contributed by atoms with Crippen molar-refractivity contribution in [3.05, 3.63) is 42.4 Å². The molecule has 0 spiro atoms. The van der Waals surface area contributed by atoms with Gasteiger partial charge in [-0.3, -0.25) is 14.7 Å². The number of nitrogens with zero attached hydrogens (tertiary/aromatic N) is 4. The number of nitrogens with one attached hydrogen (secondary N) is 1. The summed E-state index contributed by atoms with van der Waals surface area (Å²) in [5, 5.41) is 3.02. The number of carbonyl (C=O) groups excluding carboxylic acids is 1. The second-order valence-corrected chi connectivity index (χ2v) is 8.15. The van der Waals surface area contributed by atoms with Gasteiger partial charge >= 0.3 is 0 Å². The maximum Gasteiger partial charge on any atom is 0.252 e. The lowest BCUT2D eigenvalue weighted by atomic mass is 10.1. The highest BCUT2D eigenvalue weighted by Crippen LogP contribution is 2.21. The van der Waals surface area contributed by atoms with Crippen LogP contribution in [-0.2, 0) is 4.74 Å². The van der Waals surface area contributed by atoms with Crippen molar-refractivity contribution in [2.45, 2.75) is 39.8 Å². The zero-order valence-electron chi connectivity index (χ0n) is 18.5.